The van der Waals surface area contributed by atoms with Gasteiger partial charge in [0.1, 0.15) is 0 Å². The number of allylic oxidation sites excluding steroid dienone is 2. The molecule has 0 fully saturated rings. The van der Waals surface area contributed by atoms with Crippen molar-refractivity contribution in [3.63, 3.8) is 0 Å². The molecule has 0 aliphatic heterocycles. The van der Waals surface area contributed by atoms with Crippen LogP contribution in [0.25, 0.3) is 0 Å². The zero-order chi connectivity index (χ0) is 14.1. The molecule has 0 radical (unpaired) electrons. The molecule has 3 heteroatoms. The van der Waals surface area contributed by atoms with Crippen molar-refractivity contribution in [3.8, 4) is 0 Å². The summed E-state index contributed by atoms with van der Waals surface area (Å²) < 4.78 is 5.85. The molecule has 0 heterocycles. The normalized spacial score (nSPS) is 17.2. The maximum absolute atomic E-state index is 10.2. The summed E-state index contributed by atoms with van der Waals surface area (Å²) >= 11 is 1.67. The number of ether oxygens (including phenoxy) is 1. The highest BCUT2D eigenvalue weighted by Gasteiger charge is 2.25. The van der Waals surface area contributed by atoms with Gasteiger partial charge in [0.15, 0.2) is 0 Å². The smallest absolute Gasteiger partial charge is 0.0922 e. The van der Waals surface area contributed by atoms with Crippen LogP contribution in [0.5, 0.6) is 0 Å². The highest BCUT2D eigenvalue weighted by molar-refractivity contribution is 7.98. The van der Waals surface area contributed by atoms with Gasteiger partial charge in [0.2, 0.25) is 0 Å². The van der Waals surface area contributed by atoms with Gasteiger partial charge in [-0.3, -0.25) is 0 Å². The molecule has 1 N–H and O–H groups in total. The first-order chi connectivity index (χ1) is 8.43. The first-order valence-corrected chi connectivity index (χ1v) is 7.88. The predicted molar refractivity (Wildman–Crippen MR) is 81.9 cm³/mol. The van der Waals surface area contributed by atoms with Crippen LogP contribution in [-0.4, -0.2) is 29.5 Å². The molecule has 0 spiro atoms. The van der Waals surface area contributed by atoms with E-state index in [0.717, 1.165) is 12.0 Å². The Hall–Kier alpha value is -0.250. The fourth-order valence-corrected chi connectivity index (χ4v) is 2.04. The van der Waals surface area contributed by atoms with Crippen molar-refractivity contribution in [3.05, 3.63) is 23.3 Å². The average Bonchev–Trinajstić information content (AvgIpc) is 2.36. The fraction of sp³-hybridized carbons (Fsp3) is 0.733. The molecule has 0 saturated carbocycles. The molecular formula is C15H28O2S. The third kappa shape index (κ3) is 6.62. The van der Waals surface area contributed by atoms with Crippen LogP contribution in [-0.2, 0) is 4.74 Å². The summed E-state index contributed by atoms with van der Waals surface area (Å²) in [7, 11) is 0. The molecule has 0 aromatic heterocycles. The van der Waals surface area contributed by atoms with Crippen LogP contribution in [0.15, 0.2) is 23.3 Å². The summed E-state index contributed by atoms with van der Waals surface area (Å²) in [5.41, 5.74) is 2.30. The van der Waals surface area contributed by atoms with Crippen LogP contribution in [0, 0.1) is 5.92 Å². The molecule has 0 amide bonds. The van der Waals surface area contributed by atoms with Crippen molar-refractivity contribution in [2.75, 3.05) is 12.2 Å². The molecule has 0 saturated heterocycles. The van der Waals surface area contributed by atoms with Crippen molar-refractivity contribution in [1.29, 1.82) is 0 Å². The van der Waals surface area contributed by atoms with E-state index >= 15 is 0 Å². The summed E-state index contributed by atoms with van der Waals surface area (Å²) in [5.74, 6) is 0.775. The van der Waals surface area contributed by atoms with Crippen LogP contribution < -0.4 is 0 Å². The largest absolute Gasteiger partial charge is 0.388 e. The van der Waals surface area contributed by atoms with E-state index in [1.54, 1.807) is 11.8 Å². The standard InChI is InChI=1S/C15H28O2S/c1-7-12(4)15(16)13(5)14(17-10-18-6)9-8-11(2)3/h7-8,13-16H,9-10H2,1-6H3/b12-7+/t13-,14-,15-/m0/s1. The molecule has 0 bridgehead atoms. The monoisotopic (exact) mass is 272 g/mol. The SMILES string of the molecule is C/C=C(\C)[C@H](O)[C@@H](C)[C@H](CC=C(C)C)OCSC. The number of hydrogen-bond donors (Lipinski definition) is 1. The third-order valence-corrected chi connectivity index (χ3v) is 3.54. The van der Waals surface area contributed by atoms with Gasteiger partial charge >= 0.3 is 0 Å². The highest BCUT2D eigenvalue weighted by atomic mass is 32.2. The van der Waals surface area contributed by atoms with Gasteiger partial charge in [-0.2, -0.15) is 0 Å². The molecule has 0 aliphatic rings. The number of aliphatic hydroxyl groups is 1. The molecule has 0 aromatic carbocycles. The third-order valence-electron chi connectivity index (χ3n) is 3.16. The lowest BCUT2D eigenvalue weighted by atomic mass is 9.91. The Kier molecular flexibility index (Phi) is 9.52. The van der Waals surface area contributed by atoms with Crippen LogP contribution in [0.1, 0.15) is 41.0 Å². The van der Waals surface area contributed by atoms with E-state index in [4.69, 9.17) is 4.74 Å². The topological polar surface area (TPSA) is 29.5 Å². The number of hydrogen-bond acceptors (Lipinski definition) is 3. The van der Waals surface area contributed by atoms with Crippen molar-refractivity contribution in [2.45, 2.75) is 53.2 Å². The van der Waals surface area contributed by atoms with Gasteiger partial charge in [0.25, 0.3) is 0 Å². The van der Waals surface area contributed by atoms with E-state index < -0.39 is 6.10 Å². The lowest BCUT2D eigenvalue weighted by Gasteiger charge is -2.28. The molecule has 3 atom stereocenters. The first-order valence-electron chi connectivity index (χ1n) is 6.48. The maximum Gasteiger partial charge on any atom is 0.0922 e. The van der Waals surface area contributed by atoms with Crippen LogP contribution in [0.3, 0.4) is 0 Å². The molecule has 0 aromatic rings. The van der Waals surface area contributed by atoms with Crippen LogP contribution in [0.2, 0.25) is 0 Å². The lowest BCUT2D eigenvalue weighted by molar-refractivity contribution is 0.00272. The van der Waals surface area contributed by atoms with Gasteiger partial charge in [0.05, 0.1) is 18.1 Å². The molecule has 106 valence electrons. The average molecular weight is 272 g/mol. The summed E-state index contributed by atoms with van der Waals surface area (Å²) in [6.45, 7) is 10.2. The van der Waals surface area contributed by atoms with Gasteiger partial charge in [-0.25, -0.2) is 0 Å². The zero-order valence-corrected chi connectivity index (χ0v) is 13.4. The van der Waals surface area contributed by atoms with Crippen molar-refractivity contribution >= 4 is 11.8 Å². The Morgan fingerprint density at radius 3 is 2.39 bits per heavy atom. The Morgan fingerprint density at radius 1 is 1.33 bits per heavy atom. The van der Waals surface area contributed by atoms with Gasteiger partial charge in [-0.05, 0) is 45.9 Å². The minimum atomic E-state index is -0.424. The van der Waals surface area contributed by atoms with Crippen molar-refractivity contribution in [2.24, 2.45) is 5.92 Å². The van der Waals surface area contributed by atoms with Gasteiger partial charge in [-0.15, -0.1) is 11.8 Å². The van der Waals surface area contributed by atoms with Gasteiger partial charge < -0.3 is 9.84 Å². The summed E-state index contributed by atoms with van der Waals surface area (Å²) in [6, 6.07) is 0. The molecule has 0 rings (SSSR count). The van der Waals surface area contributed by atoms with Crippen molar-refractivity contribution in [1.82, 2.24) is 0 Å². The molecule has 0 unspecified atom stereocenters. The first kappa shape index (κ1) is 17.8. The van der Waals surface area contributed by atoms with Crippen molar-refractivity contribution < 1.29 is 9.84 Å². The number of rotatable bonds is 8. The summed E-state index contributed by atoms with van der Waals surface area (Å²) in [4.78, 5) is 0. The number of aliphatic hydroxyl groups excluding tert-OH is 1. The Bertz CT molecular complexity index is 280. The van der Waals surface area contributed by atoms with E-state index in [0.29, 0.717) is 5.94 Å². The van der Waals surface area contributed by atoms with Gasteiger partial charge in [0, 0.05) is 5.92 Å². The van der Waals surface area contributed by atoms with E-state index in [1.807, 2.05) is 26.2 Å². The Morgan fingerprint density at radius 2 is 1.94 bits per heavy atom. The van der Waals surface area contributed by atoms with Crippen LogP contribution >= 0.6 is 11.8 Å². The minimum absolute atomic E-state index is 0.0669. The molecule has 18 heavy (non-hydrogen) atoms. The van der Waals surface area contributed by atoms with E-state index in [2.05, 4.69) is 26.8 Å². The second-order valence-corrected chi connectivity index (χ2v) is 5.78. The second-order valence-electron chi connectivity index (χ2n) is 4.97. The number of thioether (sulfide) groups is 1. The minimum Gasteiger partial charge on any atom is -0.388 e. The summed E-state index contributed by atoms with van der Waals surface area (Å²) in [5, 5.41) is 10.2. The molecular weight excluding hydrogens is 244 g/mol. The zero-order valence-electron chi connectivity index (χ0n) is 12.6. The predicted octanol–water partition coefficient (Wildman–Crippen LogP) is 4.01. The molecule has 0 aliphatic carbocycles. The maximum atomic E-state index is 10.2. The quantitative estimate of drug-likeness (QED) is 0.535. The van der Waals surface area contributed by atoms with Gasteiger partial charge in [-0.1, -0.05) is 24.6 Å². The Balaban J connectivity index is 4.66. The van der Waals surface area contributed by atoms with E-state index in [-0.39, 0.29) is 12.0 Å². The van der Waals surface area contributed by atoms with Crippen LogP contribution in [0.4, 0.5) is 0 Å². The highest BCUT2D eigenvalue weighted by Crippen LogP contribution is 2.22. The molecule has 2 nitrogen and oxygen atoms in total. The lowest BCUT2D eigenvalue weighted by Crippen LogP contribution is -2.32. The fourth-order valence-electron chi connectivity index (χ4n) is 1.73. The van der Waals surface area contributed by atoms with E-state index in [9.17, 15) is 5.11 Å². The Labute approximate surface area is 117 Å². The second kappa shape index (κ2) is 9.65. The summed E-state index contributed by atoms with van der Waals surface area (Å²) in [6.07, 6.45) is 6.67. The van der Waals surface area contributed by atoms with E-state index in [1.165, 1.54) is 5.57 Å².